The summed E-state index contributed by atoms with van der Waals surface area (Å²) in [4.78, 5) is 10.7. The summed E-state index contributed by atoms with van der Waals surface area (Å²) in [7, 11) is -3.37. The van der Waals surface area contributed by atoms with Gasteiger partial charge in [0.25, 0.3) is 0 Å². The van der Waals surface area contributed by atoms with Crippen LogP contribution in [0.25, 0.3) is 11.3 Å². The van der Waals surface area contributed by atoms with Gasteiger partial charge < -0.3 is 9.63 Å². The number of anilines is 1. The molecule has 0 aliphatic carbocycles. The molecule has 2 aromatic rings. The normalized spacial score (nSPS) is 11.2. The van der Waals surface area contributed by atoms with Crippen molar-refractivity contribution in [2.45, 2.75) is 0 Å². The molecule has 2 rings (SSSR count). The van der Waals surface area contributed by atoms with Crippen LogP contribution in [0, 0.1) is 0 Å². The summed E-state index contributed by atoms with van der Waals surface area (Å²) in [6.07, 6.45) is 1.04. The lowest BCUT2D eigenvalue weighted by Crippen LogP contribution is -2.09. The van der Waals surface area contributed by atoms with Crippen LogP contribution < -0.4 is 4.72 Å². The first-order valence-corrected chi connectivity index (χ1v) is 7.02. The van der Waals surface area contributed by atoms with Gasteiger partial charge in [0.15, 0.2) is 0 Å². The SMILES string of the molecule is CS(=O)(=O)Nc1cccc(-c2cc(C(=O)O)on2)c1. The van der Waals surface area contributed by atoms with E-state index in [9.17, 15) is 13.2 Å². The third-order valence-electron chi connectivity index (χ3n) is 2.18. The van der Waals surface area contributed by atoms with Crippen LogP contribution in [-0.4, -0.2) is 30.9 Å². The zero-order valence-electron chi connectivity index (χ0n) is 9.82. The second kappa shape index (κ2) is 4.73. The molecule has 0 saturated carbocycles. The predicted octanol–water partition coefficient (Wildman–Crippen LogP) is 1.41. The molecule has 0 aliphatic rings. The van der Waals surface area contributed by atoms with Gasteiger partial charge >= 0.3 is 5.97 Å². The molecule has 0 saturated heterocycles. The Morgan fingerprint density at radius 3 is 2.68 bits per heavy atom. The summed E-state index contributed by atoms with van der Waals surface area (Å²) >= 11 is 0. The molecule has 0 amide bonds. The van der Waals surface area contributed by atoms with Gasteiger partial charge in [-0.3, -0.25) is 4.72 Å². The molecule has 7 nitrogen and oxygen atoms in total. The average Bonchev–Trinajstić information content (AvgIpc) is 2.76. The molecule has 0 fully saturated rings. The fourth-order valence-corrected chi connectivity index (χ4v) is 2.02. The highest BCUT2D eigenvalue weighted by Crippen LogP contribution is 2.22. The van der Waals surface area contributed by atoms with Gasteiger partial charge in [-0.25, -0.2) is 13.2 Å². The van der Waals surface area contributed by atoms with E-state index < -0.39 is 16.0 Å². The number of benzene rings is 1. The molecule has 0 aliphatic heterocycles. The molecule has 0 radical (unpaired) electrons. The first kappa shape index (κ1) is 13.1. The average molecular weight is 282 g/mol. The van der Waals surface area contributed by atoms with Gasteiger partial charge in [0, 0.05) is 17.3 Å². The van der Waals surface area contributed by atoms with Gasteiger partial charge in [0.2, 0.25) is 15.8 Å². The van der Waals surface area contributed by atoms with Crippen molar-refractivity contribution in [3.8, 4) is 11.3 Å². The molecule has 19 heavy (non-hydrogen) atoms. The number of nitrogens with zero attached hydrogens (tertiary/aromatic N) is 1. The maximum atomic E-state index is 11.1. The first-order chi connectivity index (χ1) is 8.85. The Hall–Kier alpha value is -2.35. The summed E-state index contributed by atoms with van der Waals surface area (Å²) in [5.41, 5.74) is 1.22. The van der Waals surface area contributed by atoms with Gasteiger partial charge in [-0.2, -0.15) is 0 Å². The highest BCUT2D eigenvalue weighted by Gasteiger charge is 2.13. The highest BCUT2D eigenvalue weighted by atomic mass is 32.2. The Labute approximate surface area is 108 Å². The molecule has 1 aromatic heterocycles. The second-order valence-electron chi connectivity index (χ2n) is 3.84. The maximum Gasteiger partial charge on any atom is 0.374 e. The summed E-state index contributed by atoms with van der Waals surface area (Å²) in [6, 6.07) is 7.66. The number of aromatic nitrogens is 1. The van der Waals surface area contributed by atoms with E-state index in [1.54, 1.807) is 18.2 Å². The van der Waals surface area contributed by atoms with Crippen LogP contribution in [0.2, 0.25) is 0 Å². The molecule has 0 unspecified atom stereocenters. The highest BCUT2D eigenvalue weighted by molar-refractivity contribution is 7.92. The van der Waals surface area contributed by atoms with Crippen molar-refractivity contribution in [3.63, 3.8) is 0 Å². The van der Waals surface area contributed by atoms with E-state index in [0.29, 0.717) is 16.9 Å². The Morgan fingerprint density at radius 2 is 2.11 bits per heavy atom. The molecule has 100 valence electrons. The number of sulfonamides is 1. The van der Waals surface area contributed by atoms with Gasteiger partial charge in [0.05, 0.1) is 6.26 Å². The number of carboxylic acid groups (broad SMARTS) is 1. The Morgan fingerprint density at radius 1 is 1.37 bits per heavy atom. The van der Waals surface area contributed by atoms with Crippen molar-refractivity contribution < 1.29 is 22.8 Å². The number of rotatable bonds is 4. The van der Waals surface area contributed by atoms with E-state index in [0.717, 1.165) is 6.26 Å². The van der Waals surface area contributed by atoms with Crippen molar-refractivity contribution in [1.29, 1.82) is 0 Å². The Kier molecular flexibility index (Phi) is 3.26. The quantitative estimate of drug-likeness (QED) is 0.877. The monoisotopic (exact) mass is 282 g/mol. The van der Waals surface area contributed by atoms with Gasteiger partial charge in [-0.15, -0.1) is 0 Å². The van der Waals surface area contributed by atoms with Crippen LogP contribution in [0.1, 0.15) is 10.6 Å². The van der Waals surface area contributed by atoms with E-state index in [1.807, 2.05) is 0 Å². The molecular weight excluding hydrogens is 272 g/mol. The Balaban J connectivity index is 2.34. The predicted molar refractivity (Wildman–Crippen MR) is 67.4 cm³/mol. The fourth-order valence-electron chi connectivity index (χ4n) is 1.47. The van der Waals surface area contributed by atoms with Crippen molar-refractivity contribution in [1.82, 2.24) is 5.16 Å². The molecule has 1 heterocycles. The van der Waals surface area contributed by atoms with E-state index in [-0.39, 0.29) is 5.76 Å². The second-order valence-corrected chi connectivity index (χ2v) is 5.59. The largest absolute Gasteiger partial charge is 0.475 e. The molecule has 0 spiro atoms. The number of nitrogens with one attached hydrogen (secondary N) is 1. The molecule has 0 bridgehead atoms. The van der Waals surface area contributed by atoms with E-state index in [4.69, 9.17) is 5.11 Å². The van der Waals surface area contributed by atoms with Crippen molar-refractivity contribution in [2.24, 2.45) is 0 Å². The molecular formula is C11H10N2O5S. The lowest BCUT2D eigenvalue weighted by atomic mass is 10.1. The third kappa shape index (κ3) is 3.32. The lowest BCUT2D eigenvalue weighted by Gasteiger charge is -2.04. The van der Waals surface area contributed by atoms with E-state index >= 15 is 0 Å². The summed E-state index contributed by atoms with van der Waals surface area (Å²) in [6.45, 7) is 0. The van der Waals surface area contributed by atoms with Crippen LogP contribution >= 0.6 is 0 Å². The molecule has 8 heteroatoms. The summed E-state index contributed by atoms with van der Waals surface area (Å²) in [5.74, 6) is -1.50. The van der Waals surface area contributed by atoms with E-state index in [2.05, 4.69) is 14.4 Å². The smallest absolute Gasteiger partial charge is 0.374 e. The third-order valence-corrected chi connectivity index (χ3v) is 2.79. The van der Waals surface area contributed by atoms with Crippen LogP contribution in [-0.2, 0) is 10.0 Å². The number of carboxylic acids is 1. The lowest BCUT2D eigenvalue weighted by molar-refractivity contribution is 0.0652. The summed E-state index contributed by atoms with van der Waals surface area (Å²) < 4.78 is 29.2. The molecule has 1 aromatic carbocycles. The summed E-state index contributed by atoms with van der Waals surface area (Å²) in [5, 5.41) is 12.3. The minimum absolute atomic E-state index is 0.281. The zero-order valence-corrected chi connectivity index (χ0v) is 10.6. The van der Waals surface area contributed by atoms with Gasteiger partial charge in [0.1, 0.15) is 5.69 Å². The molecule has 2 N–H and O–H groups in total. The van der Waals surface area contributed by atoms with Crippen LogP contribution in [0.15, 0.2) is 34.9 Å². The van der Waals surface area contributed by atoms with Crippen molar-refractivity contribution in [2.75, 3.05) is 11.0 Å². The standard InChI is InChI=1S/C11H10N2O5S/c1-19(16,17)13-8-4-2-3-7(5-8)9-6-10(11(14)15)18-12-9/h2-6,13H,1H3,(H,14,15). The topological polar surface area (TPSA) is 110 Å². The van der Waals surface area contributed by atoms with Gasteiger partial charge in [-0.05, 0) is 12.1 Å². The molecule has 0 atom stereocenters. The van der Waals surface area contributed by atoms with Crippen molar-refractivity contribution >= 4 is 21.7 Å². The van der Waals surface area contributed by atoms with Crippen LogP contribution in [0.4, 0.5) is 5.69 Å². The minimum atomic E-state index is -3.37. The van der Waals surface area contributed by atoms with E-state index in [1.165, 1.54) is 12.1 Å². The van der Waals surface area contributed by atoms with Crippen molar-refractivity contribution in [3.05, 3.63) is 36.1 Å². The first-order valence-electron chi connectivity index (χ1n) is 5.13. The number of hydrogen-bond donors (Lipinski definition) is 2. The fraction of sp³-hybridized carbons (Fsp3) is 0.0909. The zero-order chi connectivity index (χ0) is 14.0. The van der Waals surface area contributed by atoms with Crippen LogP contribution in [0.5, 0.6) is 0 Å². The number of carbonyl (C=O) groups is 1. The van der Waals surface area contributed by atoms with Crippen LogP contribution in [0.3, 0.4) is 0 Å². The minimum Gasteiger partial charge on any atom is -0.475 e. The number of hydrogen-bond acceptors (Lipinski definition) is 5. The maximum absolute atomic E-state index is 11.1. The van der Waals surface area contributed by atoms with Gasteiger partial charge in [-0.1, -0.05) is 17.3 Å². The number of aromatic carboxylic acids is 1. The Bertz CT molecular complexity index is 720.